The summed E-state index contributed by atoms with van der Waals surface area (Å²) < 4.78 is 27.0. The minimum absolute atomic E-state index is 0.00728. The van der Waals surface area contributed by atoms with Crippen molar-refractivity contribution in [3.05, 3.63) is 34.3 Å². The molecule has 1 aromatic rings. The Balaban J connectivity index is 1.78. The highest BCUT2D eigenvalue weighted by Crippen LogP contribution is 2.27. The molecular weight excluding hydrogens is 288 g/mol. The Morgan fingerprint density at radius 1 is 1.12 bits per heavy atom. The Labute approximate surface area is 109 Å². The number of nitrogens with zero attached hydrogens (tertiary/aromatic N) is 1. The zero-order valence-corrected chi connectivity index (χ0v) is 11.2. The normalized spacial score (nSPS) is 20.4. The van der Waals surface area contributed by atoms with Crippen LogP contribution in [0.15, 0.2) is 28.7 Å². The Hall–Kier alpha value is -0.480. The summed E-state index contributed by atoms with van der Waals surface area (Å²) in [6, 6.07) is 8.17. The van der Waals surface area contributed by atoms with Gasteiger partial charge in [0.05, 0.1) is 0 Å². The molecule has 0 bridgehead atoms. The van der Waals surface area contributed by atoms with Gasteiger partial charge in [0.2, 0.25) is 0 Å². The first-order valence-corrected chi connectivity index (χ1v) is 6.69. The third kappa shape index (κ3) is 4.03. The number of benzene rings is 1. The summed E-state index contributed by atoms with van der Waals surface area (Å²) in [5.41, 5.74) is 1.26. The van der Waals surface area contributed by atoms with E-state index in [9.17, 15) is 8.78 Å². The molecule has 0 atom stereocenters. The Bertz CT molecular complexity index is 354. The van der Waals surface area contributed by atoms with E-state index >= 15 is 0 Å². The van der Waals surface area contributed by atoms with E-state index in [0.29, 0.717) is 13.1 Å². The monoisotopic (exact) mass is 303 g/mol. The van der Waals surface area contributed by atoms with Crippen LogP contribution in [0.1, 0.15) is 18.4 Å². The van der Waals surface area contributed by atoms with Gasteiger partial charge in [0.15, 0.2) is 0 Å². The van der Waals surface area contributed by atoms with Crippen LogP contribution in [0, 0.1) is 0 Å². The largest absolute Gasteiger partial charge is 0.303 e. The number of halogens is 3. The molecule has 0 N–H and O–H groups in total. The van der Waals surface area contributed by atoms with Gasteiger partial charge >= 0.3 is 0 Å². The molecule has 1 aromatic carbocycles. The number of rotatable bonds is 3. The maximum atomic E-state index is 13.0. The molecule has 1 nitrogen and oxygen atoms in total. The van der Waals surface area contributed by atoms with Crippen LogP contribution in [0.25, 0.3) is 0 Å². The third-order valence-corrected chi connectivity index (χ3v) is 3.75. The van der Waals surface area contributed by atoms with Crippen LogP contribution in [-0.2, 0) is 6.42 Å². The Kier molecular flexibility index (Phi) is 4.15. The number of piperidine rings is 1. The van der Waals surface area contributed by atoms with E-state index in [1.165, 1.54) is 5.56 Å². The molecule has 1 aliphatic heterocycles. The van der Waals surface area contributed by atoms with Gasteiger partial charge in [-0.25, -0.2) is 8.78 Å². The molecule has 17 heavy (non-hydrogen) atoms. The van der Waals surface area contributed by atoms with Crippen LogP contribution in [0.3, 0.4) is 0 Å². The molecule has 2 rings (SSSR count). The molecule has 0 aromatic heterocycles. The van der Waals surface area contributed by atoms with Crippen LogP contribution < -0.4 is 0 Å². The predicted octanol–water partition coefficient (Wildman–Crippen LogP) is 3.72. The van der Waals surface area contributed by atoms with Crippen molar-refractivity contribution in [2.75, 3.05) is 19.6 Å². The van der Waals surface area contributed by atoms with E-state index in [2.05, 4.69) is 33.0 Å². The molecule has 1 fully saturated rings. The topological polar surface area (TPSA) is 3.24 Å². The lowest BCUT2D eigenvalue weighted by atomic mass is 10.1. The minimum atomic E-state index is -2.44. The third-order valence-electron chi connectivity index (χ3n) is 3.22. The van der Waals surface area contributed by atoms with Crippen LogP contribution in [0.2, 0.25) is 0 Å². The van der Waals surface area contributed by atoms with E-state index in [0.717, 1.165) is 17.4 Å². The molecule has 0 spiro atoms. The van der Waals surface area contributed by atoms with Gasteiger partial charge < -0.3 is 4.90 Å². The van der Waals surface area contributed by atoms with Gasteiger partial charge in [-0.15, -0.1) is 0 Å². The quantitative estimate of drug-likeness (QED) is 0.822. The first-order valence-electron chi connectivity index (χ1n) is 5.90. The highest BCUT2D eigenvalue weighted by molar-refractivity contribution is 9.10. The van der Waals surface area contributed by atoms with Crippen molar-refractivity contribution >= 4 is 15.9 Å². The van der Waals surface area contributed by atoms with Gasteiger partial charge in [-0.2, -0.15) is 0 Å². The number of alkyl halides is 2. The maximum absolute atomic E-state index is 13.0. The first-order chi connectivity index (χ1) is 8.05. The van der Waals surface area contributed by atoms with Crippen molar-refractivity contribution in [3.63, 3.8) is 0 Å². The van der Waals surface area contributed by atoms with Crippen molar-refractivity contribution in [3.8, 4) is 0 Å². The molecule has 0 unspecified atom stereocenters. The van der Waals surface area contributed by atoms with Crippen LogP contribution in [0.5, 0.6) is 0 Å². The number of hydrogen-bond donors (Lipinski definition) is 0. The lowest BCUT2D eigenvalue weighted by Crippen LogP contribution is -2.40. The summed E-state index contributed by atoms with van der Waals surface area (Å²) in [6.07, 6.45) is 0.944. The smallest absolute Gasteiger partial charge is 0.250 e. The SMILES string of the molecule is FC1(F)CCN(CCc2ccc(Br)cc2)CC1. The average molecular weight is 304 g/mol. The molecule has 0 saturated carbocycles. The maximum Gasteiger partial charge on any atom is 0.250 e. The lowest BCUT2D eigenvalue weighted by molar-refractivity contribution is -0.0548. The summed E-state index contributed by atoms with van der Waals surface area (Å²) in [7, 11) is 0. The van der Waals surface area contributed by atoms with E-state index < -0.39 is 5.92 Å². The molecule has 4 heteroatoms. The molecule has 0 radical (unpaired) electrons. The summed E-state index contributed by atoms with van der Waals surface area (Å²) in [5.74, 6) is -2.44. The number of hydrogen-bond acceptors (Lipinski definition) is 1. The van der Waals surface area contributed by atoms with Gasteiger partial charge in [0.25, 0.3) is 5.92 Å². The summed E-state index contributed by atoms with van der Waals surface area (Å²) in [4.78, 5) is 2.12. The van der Waals surface area contributed by atoms with Crippen molar-refractivity contribution in [1.29, 1.82) is 0 Å². The van der Waals surface area contributed by atoms with Crippen LogP contribution in [0.4, 0.5) is 8.78 Å². The van der Waals surface area contributed by atoms with E-state index in [1.807, 2.05) is 12.1 Å². The number of likely N-dealkylation sites (tertiary alicyclic amines) is 1. The minimum Gasteiger partial charge on any atom is -0.303 e. The standard InChI is InChI=1S/C13H16BrF2N/c14-12-3-1-11(2-4-12)5-8-17-9-6-13(15,16)7-10-17/h1-4H,5-10H2. The second-order valence-corrected chi connectivity index (χ2v) is 5.49. The van der Waals surface area contributed by atoms with Crippen LogP contribution >= 0.6 is 15.9 Å². The highest BCUT2D eigenvalue weighted by Gasteiger charge is 2.33. The molecule has 0 amide bonds. The first kappa shape index (κ1) is 13.0. The fourth-order valence-corrected chi connectivity index (χ4v) is 2.31. The van der Waals surface area contributed by atoms with Crippen molar-refractivity contribution in [2.24, 2.45) is 0 Å². The van der Waals surface area contributed by atoms with Crippen molar-refractivity contribution < 1.29 is 8.78 Å². The van der Waals surface area contributed by atoms with Gasteiger partial charge in [0.1, 0.15) is 0 Å². The second-order valence-electron chi connectivity index (χ2n) is 4.57. The van der Waals surface area contributed by atoms with E-state index in [4.69, 9.17) is 0 Å². The predicted molar refractivity (Wildman–Crippen MR) is 68.5 cm³/mol. The molecule has 1 saturated heterocycles. The van der Waals surface area contributed by atoms with Gasteiger partial charge in [-0.05, 0) is 24.1 Å². The fourth-order valence-electron chi connectivity index (χ4n) is 2.04. The van der Waals surface area contributed by atoms with Gasteiger partial charge in [0, 0.05) is 36.9 Å². The van der Waals surface area contributed by atoms with Gasteiger partial charge in [-0.3, -0.25) is 0 Å². The molecule has 0 aliphatic carbocycles. The van der Waals surface area contributed by atoms with E-state index in [1.54, 1.807) is 0 Å². The summed E-state index contributed by atoms with van der Waals surface area (Å²) in [6.45, 7) is 1.91. The van der Waals surface area contributed by atoms with Gasteiger partial charge in [-0.1, -0.05) is 28.1 Å². The summed E-state index contributed by atoms with van der Waals surface area (Å²) in [5, 5.41) is 0. The highest BCUT2D eigenvalue weighted by atomic mass is 79.9. The van der Waals surface area contributed by atoms with Crippen LogP contribution in [-0.4, -0.2) is 30.5 Å². The molecule has 94 valence electrons. The zero-order valence-electron chi connectivity index (χ0n) is 9.63. The molecule has 1 aliphatic rings. The lowest BCUT2D eigenvalue weighted by Gasteiger charge is -2.31. The average Bonchev–Trinajstić information content (AvgIpc) is 2.30. The molecular formula is C13H16BrF2N. The zero-order chi connectivity index (χ0) is 12.3. The van der Waals surface area contributed by atoms with Crippen molar-refractivity contribution in [2.45, 2.75) is 25.2 Å². The summed E-state index contributed by atoms with van der Waals surface area (Å²) >= 11 is 3.39. The fraction of sp³-hybridized carbons (Fsp3) is 0.538. The Morgan fingerprint density at radius 3 is 2.29 bits per heavy atom. The second kappa shape index (κ2) is 5.44. The Morgan fingerprint density at radius 2 is 1.71 bits per heavy atom. The molecule has 1 heterocycles. The van der Waals surface area contributed by atoms with Crippen molar-refractivity contribution in [1.82, 2.24) is 4.90 Å². The van der Waals surface area contributed by atoms with E-state index in [-0.39, 0.29) is 12.8 Å².